The van der Waals surface area contributed by atoms with Crippen LogP contribution in [0.25, 0.3) is 0 Å². The molecule has 3 nitrogen and oxygen atoms in total. The van der Waals surface area contributed by atoms with Crippen molar-refractivity contribution in [1.29, 1.82) is 0 Å². The fourth-order valence-electron chi connectivity index (χ4n) is 2.01. The number of hydrogen-bond donors (Lipinski definition) is 0. The number of halogens is 1. The van der Waals surface area contributed by atoms with Crippen molar-refractivity contribution in [2.24, 2.45) is 0 Å². The van der Waals surface area contributed by atoms with Gasteiger partial charge in [0.2, 0.25) is 0 Å². The minimum atomic E-state index is -2.00. The second kappa shape index (κ2) is 5.92. The third-order valence-electron chi connectivity index (χ3n) is 3.20. The van der Waals surface area contributed by atoms with Gasteiger partial charge in [0, 0.05) is 18.2 Å². The second-order valence-electron chi connectivity index (χ2n) is 4.26. The quantitative estimate of drug-likeness (QED) is 0.836. The van der Waals surface area contributed by atoms with E-state index in [-0.39, 0.29) is 0 Å². The number of hydrogen-bond acceptors (Lipinski definition) is 3. The van der Waals surface area contributed by atoms with Gasteiger partial charge in [0.15, 0.2) is 0 Å². The van der Waals surface area contributed by atoms with Gasteiger partial charge in [-0.1, -0.05) is 0 Å². The van der Waals surface area contributed by atoms with E-state index in [2.05, 4.69) is 0 Å². The number of rotatable bonds is 5. The Hall–Kier alpha value is -2.07. The lowest BCUT2D eigenvalue weighted by molar-refractivity contribution is -0.0921. The van der Waals surface area contributed by atoms with E-state index in [1.807, 2.05) is 0 Å². The molecule has 2 aromatic rings. The van der Waals surface area contributed by atoms with Gasteiger partial charge in [0.25, 0.3) is 5.85 Å². The van der Waals surface area contributed by atoms with Crippen LogP contribution < -0.4 is 9.47 Å². The molecule has 0 unspecified atom stereocenters. The van der Waals surface area contributed by atoms with Crippen molar-refractivity contribution in [1.82, 2.24) is 0 Å². The molecule has 106 valence electrons. The van der Waals surface area contributed by atoms with Crippen LogP contribution in [0.1, 0.15) is 11.1 Å². The summed E-state index contributed by atoms with van der Waals surface area (Å²) in [7, 11) is 4.48. The monoisotopic (exact) mass is 276 g/mol. The third kappa shape index (κ3) is 2.60. The van der Waals surface area contributed by atoms with Gasteiger partial charge in [0.1, 0.15) is 11.5 Å². The van der Waals surface area contributed by atoms with Crippen LogP contribution in [-0.2, 0) is 10.6 Å². The van der Waals surface area contributed by atoms with Gasteiger partial charge < -0.3 is 14.2 Å². The van der Waals surface area contributed by atoms with E-state index in [4.69, 9.17) is 14.2 Å². The summed E-state index contributed by atoms with van der Waals surface area (Å²) in [4.78, 5) is 0. The molecule has 0 radical (unpaired) electrons. The van der Waals surface area contributed by atoms with Gasteiger partial charge >= 0.3 is 0 Å². The highest BCUT2D eigenvalue weighted by atomic mass is 19.2. The lowest BCUT2D eigenvalue weighted by atomic mass is 9.98. The molecule has 20 heavy (non-hydrogen) atoms. The normalized spacial score (nSPS) is 11.2. The molecule has 2 rings (SSSR count). The molecule has 0 spiro atoms. The Bertz CT molecular complexity index is 501. The smallest absolute Gasteiger partial charge is 0.261 e. The standard InChI is InChI=1S/C16H17FO3/c1-18-14-8-4-12(5-9-14)16(17,20-3)13-6-10-15(19-2)11-7-13/h4-11H,1-3H3. The maximum Gasteiger partial charge on any atom is 0.261 e. The Morgan fingerprint density at radius 1 is 0.700 bits per heavy atom. The van der Waals surface area contributed by atoms with Crippen molar-refractivity contribution >= 4 is 0 Å². The summed E-state index contributed by atoms with van der Waals surface area (Å²) in [5.41, 5.74) is 0.817. The molecular formula is C16H17FO3. The van der Waals surface area contributed by atoms with Crippen LogP contribution in [-0.4, -0.2) is 21.3 Å². The zero-order chi connectivity index (χ0) is 14.6. The first kappa shape index (κ1) is 14.3. The van der Waals surface area contributed by atoms with Crippen molar-refractivity contribution < 1.29 is 18.6 Å². The molecule has 2 aromatic carbocycles. The fourth-order valence-corrected chi connectivity index (χ4v) is 2.01. The number of ether oxygens (including phenoxy) is 3. The van der Waals surface area contributed by atoms with E-state index >= 15 is 4.39 Å². The molecule has 0 fully saturated rings. The van der Waals surface area contributed by atoms with Gasteiger partial charge in [-0.2, -0.15) is 0 Å². The van der Waals surface area contributed by atoms with Crippen molar-refractivity contribution in [3.05, 3.63) is 59.7 Å². The first-order valence-corrected chi connectivity index (χ1v) is 6.17. The highest BCUT2D eigenvalue weighted by molar-refractivity contribution is 5.39. The molecule has 0 saturated carbocycles. The lowest BCUT2D eigenvalue weighted by Gasteiger charge is -2.25. The van der Waals surface area contributed by atoms with E-state index < -0.39 is 5.85 Å². The molecule has 0 aliphatic carbocycles. The van der Waals surface area contributed by atoms with Crippen LogP contribution >= 0.6 is 0 Å². The minimum absolute atomic E-state index is 0.408. The lowest BCUT2D eigenvalue weighted by Crippen LogP contribution is -2.24. The SMILES string of the molecule is COc1ccc(C(F)(OC)c2ccc(OC)cc2)cc1. The third-order valence-corrected chi connectivity index (χ3v) is 3.20. The predicted molar refractivity (Wildman–Crippen MR) is 74.9 cm³/mol. The van der Waals surface area contributed by atoms with Gasteiger partial charge in [-0.3, -0.25) is 0 Å². The number of methoxy groups -OCH3 is 3. The summed E-state index contributed by atoms with van der Waals surface area (Å²) in [6.07, 6.45) is 0. The Balaban J connectivity index is 2.39. The van der Waals surface area contributed by atoms with Gasteiger partial charge in [-0.05, 0) is 48.5 Å². The summed E-state index contributed by atoms with van der Waals surface area (Å²) < 4.78 is 30.4. The zero-order valence-electron chi connectivity index (χ0n) is 11.7. The van der Waals surface area contributed by atoms with Gasteiger partial charge in [-0.25, -0.2) is 4.39 Å². The Morgan fingerprint density at radius 3 is 1.30 bits per heavy atom. The van der Waals surface area contributed by atoms with Crippen molar-refractivity contribution in [3.8, 4) is 11.5 Å². The van der Waals surface area contributed by atoms with Gasteiger partial charge in [-0.15, -0.1) is 0 Å². The first-order valence-electron chi connectivity index (χ1n) is 6.17. The number of alkyl halides is 1. The molecule has 0 heterocycles. The van der Waals surface area contributed by atoms with E-state index in [0.29, 0.717) is 22.6 Å². The van der Waals surface area contributed by atoms with Crippen LogP contribution in [0.3, 0.4) is 0 Å². The Morgan fingerprint density at radius 2 is 1.05 bits per heavy atom. The molecule has 4 heteroatoms. The average molecular weight is 276 g/mol. The molecule has 0 atom stereocenters. The van der Waals surface area contributed by atoms with Crippen LogP contribution in [0.4, 0.5) is 4.39 Å². The fraction of sp³-hybridized carbons (Fsp3) is 0.250. The average Bonchev–Trinajstić information content (AvgIpc) is 2.54. The number of benzene rings is 2. The zero-order valence-corrected chi connectivity index (χ0v) is 11.7. The molecular weight excluding hydrogens is 259 g/mol. The maximum absolute atomic E-state index is 15.2. The van der Waals surface area contributed by atoms with E-state index in [1.54, 1.807) is 62.8 Å². The van der Waals surface area contributed by atoms with Crippen LogP contribution in [0.5, 0.6) is 11.5 Å². The topological polar surface area (TPSA) is 27.7 Å². The van der Waals surface area contributed by atoms with Crippen molar-refractivity contribution in [2.75, 3.05) is 21.3 Å². The van der Waals surface area contributed by atoms with Gasteiger partial charge in [0.05, 0.1) is 14.2 Å². The minimum Gasteiger partial charge on any atom is -0.497 e. The van der Waals surface area contributed by atoms with Crippen LogP contribution in [0, 0.1) is 0 Å². The maximum atomic E-state index is 15.2. The second-order valence-corrected chi connectivity index (χ2v) is 4.26. The Kier molecular flexibility index (Phi) is 4.25. The molecule has 0 N–H and O–H groups in total. The predicted octanol–water partition coefficient (Wildman–Crippen LogP) is 3.52. The molecule has 0 aliphatic rings. The van der Waals surface area contributed by atoms with Crippen LogP contribution in [0.15, 0.2) is 48.5 Å². The first-order chi connectivity index (χ1) is 9.63. The molecule has 0 aromatic heterocycles. The summed E-state index contributed by atoms with van der Waals surface area (Å²) in [6.45, 7) is 0. The summed E-state index contributed by atoms with van der Waals surface area (Å²) >= 11 is 0. The summed E-state index contributed by atoms with van der Waals surface area (Å²) in [6, 6.07) is 13.4. The largest absolute Gasteiger partial charge is 0.497 e. The molecule has 0 bridgehead atoms. The highest BCUT2D eigenvalue weighted by Gasteiger charge is 2.34. The van der Waals surface area contributed by atoms with E-state index in [1.165, 1.54) is 7.11 Å². The van der Waals surface area contributed by atoms with E-state index in [9.17, 15) is 0 Å². The molecule has 0 saturated heterocycles. The van der Waals surface area contributed by atoms with E-state index in [0.717, 1.165) is 0 Å². The Labute approximate surface area is 117 Å². The van der Waals surface area contributed by atoms with Crippen molar-refractivity contribution in [3.63, 3.8) is 0 Å². The molecule has 0 amide bonds. The summed E-state index contributed by atoms with van der Waals surface area (Å²) in [5, 5.41) is 0. The van der Waals surface area contributed by atoms with Crippen molar-refractivity contribution in [2.45, 2.75) is 5.85 Å². The summed E-state index contributed by atoms with van der Waals surface area (Å²) in [5.74, 6) is -0.665. The highest BCUT2D eigenvalue weighted by Crippen LogP contribution is 2.36. The molecule has 0 aliphatic heterocycles. The van der Waals surface area contributed by atoms with Crippen LogP contribution in [0.2, 0.25) is 0 Å².